The number of hydrogen-bond acceptors (Lipinski definition) is 5. The molecule has 1 aromatic rings. The maximum atomic E-state index is 11.7. The van der Waals surface area contributed by atoms with E-state index in [-0.39, 0.29) is 12.4 Å². The lowest BCUT2D eigenvalue weighted by Crippen LogP contribution is -2.08. The summed E-state index contributed by atoms with van der Waals surface area (Å²) >= 11 is 0. The highest BCUT2D eigenvalue weighted by molar-refractivity contribution is 5.90. The zero-order chi connectivity index (χ0) is 15.0. The normalized spacial score (nSPS) is 9.95. The summed E-state index contributed by atoms with van der Waals surface area (Å²) in [4.78, 5) is 23.1. The molecule has 0 saturated carbocycles. The van der Waals surface area contributed by atoms with Crippen LogP contribution >= 0.6 is 0 Å². The van der Waals surface area contributed by atoms with Crippen LogP contribution in [0.2, 0.25) is 0 Å². The van der Waals surface area contributed by atoms with Crippen molar-refractivity contribution >= 4 is 11.9 Å². The summed E-state index contributed by atoms with van der Waals surface area (Å²) in [5, 5.41) is 0. The number of carbonyl (C=O) groups excluding carboxylic acids is 2. The Balaban J connectivity index is 2.82. The molecule has 1 aromatic carbocycles. The van der Waals surface area contributed by atoms with Gasteiger partial charge in [0.1, 0.15) is 5.75 Å². The number of rotatable bonds is 7. The van der Waals surface area contributed by atoms with Crippen molar-refractivity contribution in [1.29, 1.82) is 0 Å². The van der Waals surface area contributed by atoms with Crippen LogP contribution < -0.4 is 4.74 Å². The van der Waals surface area contributed by atoms with Gasteiger partial charge >= 0.3 is 11.9 Å². The average molecular weight is 280 g/mol. The Morgan fingerprint density at radius 3 is 2.35 bits per heavy atom. The fourth-order valence-corrected chi connectivity index (χ4v) is 1.73. The average Bonchev–Trinajstić information content (AvgIpc) is 2.45. The molecule has 0 spiro atoms. The Kier molecular flexibility index (Phi) is 6.56. The second-order valence-corrected chi connectivity index (χ2v) is 4.10. The van der Waals surface area contributed by atoms with Crippen LogP contribution in [-0.4, -0.2) is 32.3 Å². The summed E-state index contributed by atoms with van der Waals surface area (Å²) in [6, 6.07) is 5.12. The topological polar surface area (TPSA) is 61.8 Å². The number of esters is 2. The highest BCUT2D eigenvalue weighted by Gasteiger charge is 2.11. The molecule has 0 heterocycles. The van der Waals surface area contributed by atoms with Crippen LogP contribution in [0, 0.1) is 0 Å². The second kappa shape index (κ2) is 8.19. The molecule has 110 valence electrons. The molecule has 0 aromatic heterocycles. The van der Waals surface area contributed by atoms with Crippen molar-refractivity contribution in [2.75, 3.05) is 20.3 Å². The molecule has 0 aliphatic carbocycles. The van der Waals surface area contributed by atoms with Crippen molar-refractivity contribution < 1.29 is 23.8 Å². The van der Waals surface area contributed by atoms with E-state index in [2.05, 4.69) is 0 Å². The molecule has 20 heavy (non-hydrogen) atoms. The first kappa shape index (κ1) is 16.0. The molecule has 0 unspecified atom stereocenters. The van der Waals surface area contributed by atoms with E-state index in [0.717, 1.165) is 5.56 Å². The van der Waals surface area contributed by atoms with Gasteiger partial charge in [-0.1, -0.05) is 0 Å². The number of methoxy groups -OCH3 is 1. The van der Waals surface area contributed by atoms with Gasteiger partial charge in [0.05, 0.1) is 25.9 Å². The van der Waals surface area contributed by atoms with Crippen LogP contribution in [0.25, 0.3) is 0 Å². The Bertz CT molecular complexity index is 467. The van der Waals surface area contributed by atoms with Gasteiger partial charge in [0.25, 0.3) is 0 Å². The molecule has 0 fully saturated rings. The highest BCUT2D eigenvalue weighted by atomic mass is 16.5. The number of hydrogen-bond donors (Lipinski definition) is 0. The minimum Gasteiger partial charge on any atom is -0.497 e. The molecule has 0 bridgehead atoms. The summed E-state index contributed by atoms with van der Waals surface area (Å²) < 4.78 is 15.0. The van der Waals surface area contributed by atoms with Gasteiger partial charge in [-0.3, -0.25) is 4.79 Å². The summed E-state index contributed by atoms with van der Waals surface area (Å²) in [6.45, 7) is 4.20. The third-order valence-electron chi connectivity index (χ3n) is 2.64. The van der Waals surface area contributed by atoms with Gasteiger partial charge in [0.2, 0.25) is 0 Å². The van der Waals surface area contributed by atoms with Crippen LogP contribution in [0.3, 0.4) is 0 Å². The summed E-state index contributed by atoms with van der Waals surface area (Å²) in [5.41, 5.74) is 1.26. The van der Waals surface area contributed by atoms with Gasteiger partial charge in [-0.15, -0.1) is 0 Å². The van der Waals surface area contributed by atoms with Crippen molar-refractivity contribution in [2.24, 2.45) is 0 Å². The third kappa shape index (κ3) is 4.91. The molecule has 0 atom stereocenters. The molecule has 0 aliphatic heterocycles. The van der Waals surface area contributed by atoms with Crippen LogP contribution in [0.15, 0.2) is 18.2 Å². The minimum absolute atomic E-state index is 0.256. The van der Waals surface area contributed by atoms with Crippen molar-refractivity contribution in [3.8, 4) is 5.75 Å². The SMILES string of the molecule is CCOC(=O)CCc1cc(OC)cc(C(=O)OCC)c1. The van der Waals surface area contributed by atoms with Gasteiger partial charge in [-0.2, -0.15) is 0 Å². The summed E-state index contributed by atoms with van der Waals surface area (Å²) in [7, 11) is 1.53. The number of carbonyl (C=O) groups is 2. The Morgan fingerprint density at radius 2 is 1.75 bits per heavy atom. The van der Waals surface area contributed by atoms with E-state index in [1.165, 1.54) is 7.11 Å². The van der Waals surface area contributed by atoms with Crippen LogP contribution in [0.1, 0.15) is 36.2 Å². The van der Waals surface area contributed by atoms with Gasteiger partial charge < -0.3 is 14.2 Å². The lowest BCUT2D eigenvalue weighted by Gasteiger charge is -2.08. The Labute approximate surface area is 118 Å². The minimum atomic E-state index is -0.399. The fourth-order valence-electron chi connectivity index (χ4n) is 1.73. The van der Waals surface area contributed by atoms with Crippen LogP contribution in [0.5, 0.6) is 5.75 Å². The Hall–Kier alpha value is -2.04. The maximum absolute atomic E-state index is 11.7. The number of aryl methyl sites for hydroxylation is 1. The smallest absolute Gasteiger partial charge is 0.338 e. The molecular weight excluding hydrogens is 260 g/mol. The zero-order valence-electron chi connectivity index (χ0n) is 12.1. The van der Waals surface area contributed by atoms with Crippen LogP contribution in [0.4, 0.5) is 0 Å². The maximum Gasteiger partial charge on any atom is 0.338 e. The van der Waals surface area contributed by atoms with Gasteiger partial charge in [-0.25, -0.2) is 4.79 Å². The van der Waals surface area contributed by atoms with E-state index < -0.39 is 5.97 Å². The predicted octanol–water partition coefficient (Wildman–Crippen LogP) is 2.37. The van der Waals surface area contributed by atoms with E-state index in [0.29, 0.717) is 30.9 Å². The summed E-state index contributed by atoms with van der Waals surface area (Å²) in [6.07, 6.45) is 0.756. The zero-order valence-corrected chi connectivity index (χ0v) is 12.1. The first-order chi connectivity index (χ1) is 9.60. The first-order valence-electron chi connectivity index (χ1n) is 6.61. The molecule has 0 radical (unpaired) electrons. The van der Waals surface area contributed by atoms with Gasteiger partial charge in [0.15, 0.2) is 0 Å². The highest BCUT2D eigenvalue weighted by Crippen LogP contribution is 2.19. The van der Waals surface area contributed by atoms with Crippen molar-refractivity contribution in [3.05, 3.63) is 29.3 Å². The predicted molar refractivity (Wildman–Crippen MR) is 73.9 cm³/mol. The van der Waals surface area contributed by atoms with Gasteiger partial charge in [-0.05, 0) is 44.0 Å². The standard InChI is InChI=1S/C15H20O5/c1-4-19-14(16)7-6-11-8-12(15(17)20-5-2)10-13(9-11)18-3/h8-10H,4-7H2,1-3H3. The third-order valence-corrected chi connectivity index (χ3v) is 2.64. The molecule has 0 saturated heterocycles. The first-order valence-corrected chi connectivity index (χ1v) is 6.61. The molecule has 0 amide bonds. The van der Waals surface area contributed by atoms with Crippen LogP contribution in [-0.2, 0) is 20.7 Å². The largest absolute Gasteiger partial charge is 0.497 e. The molecular formula is C15H20O5. The lowest BCUT2D eigenvalue weighted by atomic mass is 10.1. The van der Waals surface area contributed by atoms with E-state index in [4.69, 9.17) is 14.2 Å². The molecule has 1 rings (SSSR count). The molecule has 5 nitrogen and oxygen atoms in total. The van der Waals surface area contributed by atoms with Crippen molar-refractivity contribution in [3.63, 3.8) is 0 Å². The number of benzene rings is 1. The van der Waals surface area contributed by atoms with Crippen molar-refractivity contribution in [2.45, 2.75) is 26.7 Å². The summed E-state index contributed by atoms with van der Waals surface area (Å²) in [5.74, 6) is -0.0915. The monoisotopic (exact) mass is 280 g/mol. The van der Waals surface area contributed by atoms with E-state index in [9.17, 15) is 9.59 Å². The Morgan fingerprint density at radius 1 is 1.05 bits per heavy atom. The molecule has 0 aliphatic rings. The lowest BCUT2D eigenvalue weighted by molar-refractivity contribution is -0.143. The van der Waals surface area contributed by atoms with Gasteiger partial charge in [0, 0.05) is 6.42 Å². The molecule has 0 N–H and O–H groups in total. The quantitative estimate of drug-likeness (QED) is 0.717. The van der Waals surface area contributed by atoms with E-state index in [1.54, 1.807) is 32.0 Å². The second-order valence-electron chi connectivity index (χ2n) is 4.10. The number of ether oxygens (including phenoxy) is 3. The van der Waals surface area contributed by atoms with E-state index in [1.807, 2.05) is 0 Å². The molecule has 5 heteroatoms. The van der Waals surface area contributed by atoms with E-state index >= 15 is 0 Å². The fraction of sp³-hybridized carbons (Fsp3) is 0.467. The van der Waals surface area contributed by atoms with Crippen molar-refractivity contribution in [1.82, 2.24) is 0 Å².